The summed E-state index contributed by atoms with van der Waals surface area (Å²) < 4.78 is 20.4. The van der Waals surface area contributed by atoms with E-state index in [0.29, 0.717) is 15.8 Å². The van der Waals surface area contributed by atoms with Gasteiger partial charge in [-0.3, -0.25) is 4.79 Å². The highest BCUT2D eigenvalue weighted by molar-refractivity contribution is 7.21. The molecule has 2 aromatic heterocycles. The van der Waals surface area contributed by atoms with Crippen molar-refractivity contribution in [3.05, 3.63) is 56.8 Å². The molecule has 0 saturated carbocycles. The van der Waals surface area contributed by atoms with E-state index in [4.69, 9.17) is 4.74 Å². The summed E-state index contributed by atoms with van der Waals surface area (Å²) >= 11 is 3.05. The zero-order valence-corrected chi connectivity index (χ0v) is 15.5. The van der Waals surface area contributed by atoms with Crippen LogP contribution in [-0.2, 0) is 11.3 Å². The fourth-order valence-corrected chi connectivity index (χ4v) is 5.59. The summed E-state index contributed by atoms with van der Waals surface area (Å²) in [5, 5.41) is 2.56. The Hall–Kier alpha value is -1.76. The lowest BCUT2D eigenvalue weighted by Crippen LogP contribution is -2.30. The molecule has 130 valence electrons. The first-order valence-corrected chi connectivity index (χ1v) is 9.93. The molecule has 3 heterocycles. The van der Waals surface area contributed by atoms with Crippen molar-refractivity contribution in [2.24, 2.45) is 0 Å². The van der Waals surface area contributed by atoms with Gasteiger partial charge in [0, 0.05) is 34.2 Å². The third-order valence-electron chi connectivity index (χ3n) is 4.63. The van der Waals surface area contributed by atoms with Gasteiger partial charge < -0.3 is 9.64 Å². The molecule has 1 aliphatic rings. The Morgan fingerprint density at radius 3 is 3.00 bits per heavy atom. The van der Waals surface area contributed by atoms with E-state index in [9.17, 15) is 9.18 Å². The quantitative estimate of drug-likeness (QED) is 0.625. The molecule has 1 aliphatic heterocycles. The Morgan fingerprint density at radius 1 is 1.36 bits per heavy atom. The van der Waals surface area contributed by atoms with Gasteiger partial charge in [0.2, 0.25) is 0 Å². The Labute approximate surface area is 153 Å². The summed E-state index contributed by atoms with van der Waals surface area (Å²) in [5.74, 6) is -0.306. The second-order valence-corrected chi connectivity index (χ2v) is 8.16. The number of hydrogen-bond acceptors (Lipinski definition) is 4. The number of thiophene rings is 2. The summed E-state index contributed by atoms with van der Waals surface area (Å²) in [7, 11) is 1.57. The van der Waals surface area contributed by atoms with E-state index in [1.807, 2.05) is 22.4 Å². The molecule has 1 saturated heterocycles. The highest BCUT2D eigenvalue weighted by atomic mass is 32.1. The van der Waals surface area contributed by atoms with Crippen molar-refractivity contribution in [2.45, 2.75) is 25.5 Å². The SMILES string of the molecule is COCc1c(C(=O)N2CCCC2c2cccs2)sc2cccc(F)c12. The highest BCUT2D eigenvalue weighted by Crippen LogP contribution is 2.39. The number of nitrogens with zero attached hydrogens (tertiary/aromatic N) is 1. The topological polar surface area (TPSA) is 29.5 Å². The maximum Gasteiger partial charge on any atom is 0.264 e. The molecule has 0 aliphatic carbocycles. The third-order valence-corrected chi connectivity index (χ3v) is 6.79. The molecule has 25 heavy (non-hydrogen) atoms. The molecule has 3 nitrogen and oxygen atoms in total. The minimum atomic E-state index is -0.295. The number of rotatable bonds is 4. The van der Waals surface area contributed by atoms with Gasteiger partial charge in [0.1, 0.15) is 5.82 Å². The van der Waals surface area contributed by atoms with Gasteiger partial charge in [0.15, 0.2) is 0 Å². The van der Waals surface area contributed by atoms with Crippen molar-refractivity contribution >= 4 is 38.7 Å². The number of likely N-dealkylation sites (tertiary alicyclic amines) is 1. The molecule has 1 aromatic carbocycles. The van der Waals surface area contributed by atoms with Crippen molar-refractivity contribution in [3.8, 4) is 0 Å². The van der Waals surface area contributed by atoms with Crippen LogP contribution in [0.5, 0.6) is 0 Å². The lowest BCUT2D eigenvalue weighted by molar-refractivity contribution is 0.0738. The van der Waals surface area contributed by atoms with Crippen molar-refractivity contribution in [3.63, 3.8) is 0 Å². The van der Waals surface area contributed by atoms with Crippen LogP contribution in [0, 0.1) is 5.82 Å². The second kappa shape index (κ2) is 6.86. The van der Waals surface area contributed by atoms with Gasteiger partial charge >= 0.3 is 0 Å². The van der Waals surface area contributed by atoms with E-state index >= 15 is 0 Å². The third kappa shape index (κ3) is 2.88. The van der Waals surface area contributed by atoms with Crippen LogP contribution in [0.15, 0.2) is 35.7 Å². The molecule has 3 aromatic rings. The number of methoxy groups -OCH3 is 1. The van der Waals surface area contributed by atoms with Gasteiger partial charge in [0.05, 0.1) is 17.5 Å². The van der Waals surface area contributed by atoms with Crippen LogP contribution in [-0.4, -0.2) is 24.5 Å². The van der Waals surface area contributed by atoms with Gasteiger partial charge in [-0.05, 0) is 36.4 Å². The first kappa shape index (κ1) is 16.7. The summed E-state index contributed by atoms with van der Waals surface area (Å²) in [6.07, 6.45) is 1.97. The first-order chi connectivity index (χ1) is 12.2. The minimum absolute atomic E-state index is 0.0106. The average Bonchev–Trinajstić information content (AvgIpc) is 3.34. The highest BCUT2D eigenvalue weighted by Gasteiger charge is 2.33. The summed E-state index contributed by atoms with van der Waals surface area (Å²) in [6, 6.07) is 9.21. The Kier molecular flexibility index (Phi) is 4.58. The predicted octanol–water partition coefficient (Wildman–Crippen LogP) is 5.23. The molecule has 1 amide bonds. The molecule has 1 fully saturated rings. The normalized spacial score (nSPS) is 17.5. The summed E-state index contributed by atoms with van der Waals surface area (Å²) in [5.41, 5.74) is 0.669. The van der Waals surface area contributed by atoms with E-state index in [-0.39, 0.29) is 24.4 Å². The maximum atomic E-state index is 14.4. The minimum Gasteiger partial charge on any atom is -0.380 e. The van der Waals surface area contributed by atoms with Crippen molar-refractivity contribution < 1.29 is 13.9 Å². The molecule has 1 atom stereocenters. The molecule has 0 N–H and O–H groups in total. The largest absolute Gasteiger partial charge is 0.380 e. The predicted molar refractivity (Wildman–Crippen MR) is 99.8 cm³/mol. The number of fused-ring (bicyclic) bond motifs is 1. The van der Waals surface area contributed by atoms with E-state index in [1.165, 1.54) is 22.3 Å². The van der Waals surface area contributed by atoms with Crippen molar-refractivity contribution in [1.29, 1.82) is 0 Å². The number of carbonyl (C=O) groups excluding carboxylic acids is 1. The zero-order chi connectivity index (χ0) is 17.4. The van der Waals surface area contributed by atoms with Gasteiger partial charge in [-0.15, -0.1) is 22.7 Å². The number of carbonyl (C=O) groups is 1. The molecule has 0 spiro atoms. The molecular weight excluding hydrogens is 357 g/mol. The molecule has 0 radical (unpaired) electrons. The number of benzene rings is 1. The maximum absolute atomic E-state index is 14.4. The Bertz CT molecular complexity index is 904. The van der Waals surface area contributed by atoms with Gasteiger partial charge in [-0.1, -0.05) is 12.1 Å². The standard InChI is InChI=1S/C19H18FNO2S2/c1-23-11-12-17-13(20)5-2-7-16(17)25-18(12)19(22)21-9-3-6-14(21)15-8-4-10-24-15/h2,4-5,7-8,10,14H,3,6,9,11H2,1H3. The molecular formula is C19H18FNO2S2. The monoisotopic (exact) mass is 375 g/mol. The molecule has 1 unspecified atom stereocenters. The van der Waals surface area contributed by atoms with Gasteiger partial charge in [0.25, 0.3) is 5.91 Å². The number of halogens is 1. The van der Waals surface area contributed by atoms with Crippen molar-refractivity contribution in [2.75, 3.05) is 13.7 Å². The molecule has 6 heteroatoms. The van der Waals surface area contributed by atoms with Crippen LogP contribution in [0.4, 0.5) is 4.39 Å². The van der Waals surface area contributed by atoms with Gasteiger partial charge in [-0.25, -0.2) is 4.39 Å². The number of ether oxygens (including phenoxy) is 1. The zero-order valence-electron chi connectivity index (χ0n) is 13.8. The van der Waals surface area contributed by atoms with Crippen molar-refractivity contribution in [1.82, 2.24) is 4.90 Å². The number of hydrogen-bond donors (Lipinski definition) is 0. The van der Waals surface area contributed by atoms with Crippen LogP contribution in [0.2, 0.25) is 0 Å². The lowest BCUT2D eigenvalue weighted by Gasteiger charge is -2.24. The van der Waals surface area contributed by atoms with Crippen LogP contribution < -0.4 is 0 Å². The molecule has 4 rings (SSSR count). The van der Waals surface area contributed by atoms with E-state index in [0.717, 1.165) is 24.1 Å². The number of amides is 1. The van der Waals surface area contributed by atoms with Crippen LogP contribution in [0.25, 0.3) is 10.1 Å². The summed E-state index contributed by atoms with van der Waals surface area (Å²) in [6.45, 7) is 0.976. The Morgan fingerprint density at radius 2 is 2.24 bits per heavy atom. The smallest absolute Gasteiger partial charge is 0.264 e. The lowest BCUT2D eigenvalue weighted by atomic mass is 10.1. The average molecular weight is 375 g/mol. The fourth-order valence-electron chi connectivity index (χ4n) is 3.54. The Balaban J connectivity index is 1.77. The second-order valence-electron chi connectivity index (χ2n) is 6.13. The van der Waals surface area contributed by atoms with E-state index in [2.05, 4.69) is 6.07 Å². The van der Waals surface area contributed by atoms with Gasteiger partial charge in [-0.2, -0.15) is 0 Å². The van der Waals surface area contributed by atoms with E-state index < -0.39 is 0 Å². The first-order valence-electron chi connectivity index (χ1n) is 8.24. The summed E-state index contributed by atoms with van der Waals surface area (Å²) in [4.78, 5) is 17.0. The fraction of sp³-hybridized carbons (Fsp3) is 0.316. The van der Waals surface area contributed by atoms with Crippen LogP contribution in [0.3, 0.4) is 0 Å². The molecule has 0 bridgehead atoms. The van der Waals surface area contributed by atoms with Crippen LogP contribution in [0.1, 0.15) is 39.0 Å². The van der Waals surface area contributed by atoms with E-state index in [1.54, 1.807) is 24.5 Å². The van der Waals surface area contributed by atoms with Crippen LogP contribution >= 0.6 is 22.7 Å².